The summed E-state index contributed by atoms with van der Waals surface area (Å²) in [7, 11) is 1.70. The third kappa shape index (κ3) is 2.65. The minimum atomic E-state index is -0.789. The molecule has 3 nitrogen and oxygen atoms in total. The fourth-order valence-electron chi connectivity index (χ4n) is 2.64. The molecule has 0 aromatic heterocycles. The highest BCUT2D eigenvalue weighted by atomic mass is 19.1. The van der Waals surface area contributed by atoms with E-state index in [0.717, 1.165) is 31.8 Å². The molecule has 1 aliphatic rings. The molecular weight excluding hydrogens is 233 g/mol. The van der Waals surface area contributed by atoms with E-state index in [2.05, 4.69) is 4.90 Å². The molecule has 0 saturated carbocycles. The number of aliphatic hydroxyl groups is 1. The van der Waals surface area contributed by atoms with Crippen molar-refractivity contribution in [2.75, 3.05) is 31.7 Å². The third-order valence-electron chi connectivity index (χ3n) is 3.48. The minimum absolute atomic E-state index is 0.335. The van der Waals surface area contributed by atoms with E-state index in [9.17, 15) is 9.50 Å². The van der Waals surface area contributed by atoms with Crippen molar-refractivity contribution in [1.82, 2.24) is 0 Å². The molecule has 0 aliphatic carbocycles. The molecule has 1 aromatic rings. The molecular formula is C14H20FNO2. The van der Waals surface area contributed by atoms with Gasteiger partial charge < -0.3 is 14.7 Å². The first kappa shape index (κ1) is 13.3. The molecule has 1 aromatic carbocycles. The first-order valence-electron chi connectivity index (χ1n) is 6.33. The zero-order valence-corrected chi connectivity index (χ0v) is 10.9. The molecule has 18 heavy (non-hydrogen) atoms. The van der Waals surface area contributed by atoms with Crippen LogP contribution in [0.5, 0.6) is 0 Å². The van der Waals surface area contributed by atoms with Crippen molar-refractivity contribution in [2.24, 2.45) is 5.92 Å². The molecule has 1 N–H and O–H groups in total. The van der Waals surface area contributed by atoms with Gasteiger partial charge in [0.1, 0.15) is 5.82 Å². The number of hydrogen-bond donors (Lipinski definition) is 1. The summed E-state index contributed by atoms with van der Waals surface area (Å²) in [5.41, 5.74) is 1.21. The highest BCUT2D eigenvalue weighted by Crippen LogP contribution is 2.32. The van der Waals surface area contributed by atoms with Gasteiger partial charge >= 0.3 is 0 Å². The fourth-order valence-corrected chi connectivity index (χ4v) is 2.64. The highest BCUT2D eigenvalue weighted by Gasteiger charge is 2.26. The molecule has 0 amide bonds. The van der Waals surface area contributed by atoms with Crippen LogP contribution in [0.4, 0.5) is 10.1 Å². The van der Waals surface area contributed by atoms with E-state index in [0.29, 0.717) is 11.5 Å². The molecule has 1 aliphatic heterocycles. The maximum atomic E-state index is 13.8. The van der Waals surface area contributed by atoms with Crippen LogP contribution in [0.2, 0.25) is 0 Å². The van der Waals surface area contributed by atoms with Gasteiger partial charge in [0.25, 0.3) is 0 Å². The molecule has 1 fully saturated rings. The number of rotatable bonds is 4. The summed E-state index contributed by atoms with van der Waals surface area (Å²) >= 11 is 0. The summed E-state index contributed by atoms with van der Waals surface area (Å²) in [6.07, 6.45) is 0.256. The molecule has 1 heterocycles. The molecule has 0 radical (unpaired) electrons. The van der Waals surface area contributed by atoms with Gasteiger partial charge in [-0.2, -0.15) is 0 Å². The van der Waals surface area contributed by atoms with Gasteiger partial charge in [0.2, 0.25) is 0 Å². The predicted molar refractivity (Wildman–Crippen MR) is 69.2 cm³/mol. The highest BCUT2D eigenvalue weighted by molar-refractivity contribution is 5.55. The van der Waals surface area contributed by atoms with Crippen LogP contribution in [-0.4, -0.2) is 31.9 Å². The summed E-state index contributed by atoms with van der Waals surface area (Å²) in [6.45, 7) is 4.08. The van der Waals surface area contributed by atoms with Crippen molar-refractivity contribution in [3.05, 3.63) is 29.6 Å². The van der Waals surface area contributed by atoms with Gasteiger partial charge in [-0.15, -0.1) is 0 Å². The lowest BCUT2D eigenvalue weighted by Gasteiger charge is -2.23. The second kappa shape index (κ2) is 5.67. The first-order chi connectivity index (χ1) is 8.63. The Hall–Kier alpha value is -1.13. The average molecular weight is 253 g/mol. The van der Waals surface area contributed by atoms with E-state index in [4.69, 9.17) is 4.74 Å². The van der Waals surface area contributed by atoms with E-state index < -0.39 is 6.10 Å². The Morgan fingerprint density at radius 2 is 2.33 bits per heavy atom. The Kier molecular flexibility index (Phi) is 4.19. The predicted octanol–water partition coefficient (Wildman–Crippen LogP) is 2.35. The molecule has 2 atom stereocenters. The minimum Gasteiger partial charge on any atom is -0.389 e. The number of methoxy groups -OCH3 is 1. The number of benzene rings is 1. The Balaban J connectivity index is 2.21. The van der Waals surface area contributed by atoms with E-state index in [1.807, 2.05) is 6.07 Å². The van der Waals surface area contributed by atoms with Gasteiger partial charge in [0.15, 0.2) is 0 Å². The van der Waals surface area contributed by atoms with Crippen molar-refractivity contribution < 1.29 is 14.2 Å². The lowest BCUT2D eigenvalue weighted by molar-refractivity contribution is 0.160. The molecule has 0 bridgehead atoms. The zero-order chi connectivity index (χ0) is 13.1. The smallest absolute Gasteiger partial charge is 0.131 e. The molecule has 2 rings (SSSR count). The maximum absolute atomic E-state index is 13.8. The zero-order valence-electron chi connectivity index (χ0n) is 10.9. The first-order valence-corrected chi connectivity index (χ1v) is 6.33. The van der Waals surface area contributed by atoms with Crippen LogP contribution in [-0.2, 0) is 4.74 Å². The lowest BCUT2D eigenvalue weighted by Crippen LogP contribution is -2.23. The van der Waals surface area contributed by atoms with Gasteiger partial charge in [-0.05, 0) is 25.5 Å². The number of nitrogens with zero attached hydrogens (tertiary/aromatic N) is 1. The topological polar surface area (TPSA) is 32.7 Å². The molecule has 1 saturated heterocycles. The number of anilines is 1. The Morgan fingerprint density at radius 1 is 1.56 bits per heavy atom. The van der Waals surface area contributed by atoms with Crippen LogP contribution in [0, 0.1) is 11.7 Å². The third-order valence-corrected chi connectivity index (χ3v) is 3.48. The molecule has 100 valence electrons. The SMILES string of the molecule is COCC1CCN(c2cccc(F)c2[C@@H](C)O)C1. The Labute approximate surface area is 107 Å². The van der Waals surface area contributed by atoms with Crippen molar-refractivity contribution in [3.8, 4) is 0 Å². The largest absolute Gasteiger partial charge is 0.389 e. The van der Waals surface area contributed by atoms with Crippen LogP contribution in [0.15, 0.2) is 18.2 Å². The summed E-state index contributed by atoms with van der Waals surface area (Å²) in [4.78, 5) is 2.13. The van der Waals surface area contributed by atoms with Crippen LogP contribution in [0.3, 0.4) is 0 Å². The number of aliphatic hydroxyl groups excluding tert-OH is 1. The van der Waals surface area contributed by atoms with Crippen molar-refractivity contribution in [3.63, 3.8) is 0 Å². The van der Waals surface area contributed by atoms with Gasteiger partial charge in [-0.25, -0.2) is 4.39 Å². The maximum Gasteiger partial charge on any atom is 0.131 e. The average Bonchev–Trinajstić information content (AvgIpc) is 2.77. The van der Waals surface area contributed by atoms with Gasteiger partial charge in [0, 0.05) is 37.4 Å². The van der Waals surface area contributed by atoms with E-state index in [-0.39, 0.29) is 5.82 Å². The molecule has 1 unspecified atom stereocenters. The lowest BCUT2D eigenvalue weighted by atomic mass is 10.1. The molecule has 4 heteroatoms. The second-order valence-corrected chi connectivity index (χ2v) is 4.90. The fraction of sp³-hybridized carbons (Fsp3) is 0.571. The standard InChI is InChI=1S/C14H20FNO2/c1-10(17)14-12(15)4-3-5-13(14)16-7-6-11(8-16)9-18-2/h3-5,10-11,17H,6-9H2,1-2H3/t10-,11?/m1/s1. The monoisotopic (exact) mass is 253 g/mol. The normalized spacial score (nSPS) is 21.3. The van der Waals surface area contributed by atoms with Crippen molar-refractivity contribution in [2.45, 2.75) is 19.4 Å². The molecule has 0 spiro atoms. The summed E-state index contributed by atoms with van der Waals surface area (Å²) < 4.78 is 18.9. The van der Waals surface area contributed by atoms with E-state index >= 15 is 0 Å². The van der Waals surface area contributed by atoms with E-state index in [1.54, 1.807) is 20.1 Å². The number of ether oxygens (including phenoxy) is 1. The van der Waals surface area contributed by atoms with Crippen LogP contribution < -0.4 is 4.90 Å². The Morgan fingerprint density at radius 3 is 3.00 bits per heavy atom. The van der Waals surface area contributed by atoms with Crippen molar-refractivity contribution in [1.29, 1.82) is 0 Å². The quantitative estimate of drug-likeness (QED) is 0.894. The van der Waals surface area contributed by atoms with Crippen LogP contribution in [0.25, 0.3) is 0 Å². The number of halogens is 1. The van der Waals surface area contributed by atoms with Crippen molar-refractivity contribution >= 4 is 5.69 Å². The second-order valence-electron chi connectivity index (χ2n) is 4.90. The summed E-state index contributed by atoms with van der Waals surface area (Å²) in [5.74, 6) is 0.151. The van der Waals surface area contributed by atoms with Gasteiger partial charge in [0.05, 0.1) is 12.7 Å². The summed E-state index contributed by atoms with van der Waals surface area (Å²) in [6, 6.07) is 4.97. The Bertz CT molecular complexity index is 409. The van der Waals surface area contributed by atoms with Crippen LogP contribution in [0.1, 0.15) is 25.0 Å². The van der Waals surface area contributed by atoms with Crippen LogP contribution >= 0.6 is 0 Å². The van der Waals surface area contributed by atoms with E-state index in [1.165, 1.54) is 6.07 Å². The number of hydrogen-bond acceptors (Lipinski definition) is 3. The van der Waals surface area contributed by atoms with Gasteiger partial charge in [-0.3, -0.25) is 0 Å². The van der Waals surface area contributed by atoms with Gasteiger partial charge in [-0.1, -0.05) is 6.07 Å². The summed E-state index contributed by atoms with van der Waals surface area (Å²) in [5, 5.41) is 9.72.